The first-order valence-electron chi connectivity index (χ1n) is 6.34. The number of carbonyl (C=O) groups is 1. The Morgan fingerprint density at radius 1 is 1.39 bits per heavy atom. The second-order valence-electron chi connectivity index (χ2n) is 4.89. The third-order valence-electron chi connectivity index (χ3n) is 3.48. The van der Waals surface area contributed by atoms with Gasteiger partial charge in [0.2, 0.25) is 5.91 Å². The Labute approximate surface area is 107 Å². The minimum absolute atomic E-state index is 0.134. The summed E-state index contributed by atoms with van der Waals surface area (Å²) in [7, 11) is 0. The zero-order chi connectivity index (χ0) is 13.1. The molecule has 98 valence electrons. The van der Waals surface area contributed by atoms with Crippen molar-refractivity contribution in [2.75, 3.05) is 18.4 Å². The lowest BCUT2D eigenvalue weighted by Gasteiger charge is -2.32. The summed E-state index contributed by atoms with van der Waals surface area (Å²) in [5.74, 6) is -0.0454. The minimum Gasteiger partial charge on any atom is -0.382 e. The van der Waals surface area contributed by atoms with Crippen molar-refractivity contribution in [3.63, 3.8) is 0 Å². The molecule has 1 aromatic carbocycles. The lowest BCUT2D eigenvalue weighted by molar-refractivity contribution is -0.129. The first kappa shape index (κ1) is 12.9. The molecule has 2 rings (SSSR count). The lowest BCUT2D eigenvalue weighted by Crippen LogP contribution is -2.41. The first-order valence-corrected chi connectivity index (χ1v) is 6.34. The number of benzene rings is 1. The molecule has 0 aliphatic carbocycles. The molecule has 0 spiro atoms. The van der Waals surface area contributed by atoms with E-state index < -0.39 is 0 Å². The van der Waals surface area contributed by atoms with Gasteiger partial charge in [-0.2, -0.15) is 0 Å². The van der Waals surface area contributed by atoms with E-state index in [1.54, 1.807) is 19.9 Å². The molecule has 0 unspecified atom stereocenters. The van der Waals surface area contributed by atoms with Crippen LogP contribution in [0.15, 0.2) is 18.2 Å². The molecule has 3 nitrogen and oxygen atoms in total. The smallest absolute Gasteiger partial charge is 0.219 e. The fourth-order valence-corrected chi connectivity index (χ4v) is 2.26. The average Bonchev–Trinajstić information content (AvgIpc) is 2.34. The highest BCUT2D eigenvalue weighted by Gasteiger charge is 2.20. The maximum Gasteiger partial charge on any atom is 0.219 e. The molecule has 1 saturated heterocycles. The summed E-state index contributed by atoms with van der Waals surface area (Å²) in [5.41, 5.74) is 1.48. The zero-order valence-electron chi connectivity index (χ0n) is 10.9. The SMILES string of the molecule is CC(=O)N1CCC(Nc2ccc(C)c(F)c2)CC1. The van der Waals surface area contributed by atoms with Crippen LogP contribution in [0.5, 0.6) is 0 Å². The number of carbonyl (C=O) groups excluding carboxylic acids is 1. The predicted octanol–water partition coefficient (Wildman–Crippen LogP) is 2.56. The van der Waals surface area contributed by atoms with Crippen LogP contribution in [0.2, 0.25) is 0 Å². The van der Waals surface area contributed by atoms with Crippen molar-refractivity contribution >= 4 is 11.6 Å². The maximum absolute atomic E-state index is 13.4. The van der Waals surface area contributed by atoms with Crippen LogP contribution in [0.1, 0.15) is 25.3 Å². The highest BCUT2D eigenvalue weighted by molar-refractivity contribution is 5.73. The highest BCUT2D eigenvalue weighted by Crippen LogP contribution is 2.19. The van der Waals surface area contributed by atoms with Crippen LogP contribution in [0.3, 0.4) is 0 Å². The van der Waals surface area contributed by atoms with E-state index in [0.717, 1.165) is 31.6 Å². The fraction of sp³-hybridized carbons (Fsp3) is 0.500. The Morgan fingerprint density at radius 3 is 2.61 bits per heavy atom. The molecule has 1 fully saturated rings. The summed E-state index contributed by atoms with van der Waals surface area (Å²) >= 11 is 0. The van der Waals surface area contributed by atoms with Crippen molar-refractivity contribution in [1.29, 1.82) is 0 Å². The van der Waals surface area contributed by atoms with Crippen molar-refractivity contribution in [1.82, 2.24) is 4.90 Å². The van der Waals surface area contributed by atoms with Gasteiger partial charge in [0.05, 0.1) is 0 Å². The van der Waals surface area contributed by atoms with E-state index in [1.807, 2.05) is 11.0 Å². The normalized spacial score (nSPS) is 16.7. The van der Waals surface area contributed by atoms with Crippen LogP contribution >= 0.6 is 0 Å². The molecule has 0 bridgehead atoms. The van der Waals surface area contributed by atoms with Crippen LogP contribution < -0.4 is 5.32 Å². The van der Waals surface area contributed by atoms with Crippen LogP contribution in [-0.2, 0) is 4.79 Å². The summed E-state index contributed by atoms with van der Waals surface area (Å²) in [6.07, 6.45) is 1.82. The molecule has 1 heterocycles. The van der Waals surface area contributed by atoms with Crippen LogP contribution in [0.25, 0.3) is 0 Å². The van der Waals surface area contributed by atoms with Gasteiger partial charge in [-0.3, -0.25) is 4.79 Å². The van der Waals surface area contributed by atoms with Gasteiger partial charge in [0.1, 0.15) is 5.82 Å². The molecular formula is C14H19FN2O. The summed E-state index contributed by atoms with van der Waals surface area (Å²) in [5, 5.41) is 3.33. The highest BCUT2D eigenvalue weighted by atomic mass is 19.1. The van der Waals surface area contributed by atoms with Gasteiger partial charge < -0.3 is 10.2 Å². The summed E-state index contributed by atoms with van der Waals surface area (Å²) < 4.78 is 13.4. The molecule has 1 aliphatic heterocycles. The zero-order valence-corrected chi connectivity index (χ0v) is 10.9. The van der Waals surface area contributed by atoms with E-state index in [2.05, 4.69) is 5.32 Å². The number of piperidine rings is 1. The number of amides is 1. The number of anilines is 1. The van der Waals surface area contributed by atoms with Gasteiger partial charge in [-0.15, -0.1) is 0 Å². The molecule has 1 aromatic rings. The molecule has 4 heteroatoms. The van der Waals surface area contributed by atoms with Gasteiger partial charge >= 0.3 is 0 Å². The second kappa shape index (κ2) is 5.38. The summed E-state index contributed by atoms with van der Waals surface area (Å²) in [6.45, 7) is 4.91. The number of nitrogens with one attached hydrogen (secondary N) is 1. The van der Waals surface area contributed by atoms with Gasteiger partial charge in [-0.1, -0.05) is 6.07 Å². The van der Waals surface area contributed by atoms with Crippen molar-refractivity contribution in [3.8, 4) is 0 Å². The Bertz CT molecular complexity index is 439. The fourth-order valence-electron chi connectivity index (χ4n) is 2.26. The summed E-state index contributed by atoms with van der Waals surface area (Å²) in [6, 6.07) is 5.54. The van der Waals surface area contributed by atoms with Crippen molar-refractivity contribution in [2.24, 2.45) is 0 Å². The summed E-state index contributed by atoms with van der Waals surface area (Å²) in [4.78, 5) is 13.1. The molecular weight excluding hydrogens is 231 g/mol. The van der Waals surface area contributed by atoms with Crippen molar-refractivity contribution < 1.29 is 9.18 Å². The van der Waals surface area contributed by atoms with Gasteiger partial charge in [0.15, 0.2) is 0 Å². The molecule has 1 amide bonds. The molecule has 1 N–H and O–H groups in total. The van der Waals surface area contributed by atoms with Gasteiger partial charge in [-0.05, 0) is 37.5 Å². The molecule has 0 saturated carbocycles. The number of nitrogens with zero attached hydrogens (tertiary/aromatic N) is 1. The quantitative estimate of drug-likeness (QED) is 0.875. The van der Waals surface area contributed by atoms with E-state index in [1.165, 1.54) is 6.07 Å². The number of halogens is 1. The van der Waals surface area contributed by atoms with Crippen molar-refractivity contribution in [2.45, 2.75) is 32.7 Å². The van der Waals surface area contributed by atoms with Gasteiger partial charge in [0, 0.05) is 31.7 Å². The molecule has 0 radical (unpaired) electrons. The first-order chi connectivity index (χ1) is 8.56. The predicted molar refractivity (Wildman–Crippen MR) is 70.0 cm³/mol. The third-order valence-corrected chi connectivity index (χ3v) is 3.48. The van der Waals surface area contributed by atoms with Crippen molar-refractivity contribution in [3.05, 3.63) is 29.6 Å². The average molecular weight is 250 g/mol. The second-order valence-corrected chi connectivity index (χ2v) is 4.89. The lowest BCUT2D eigenvalue weighted by atomic mass is 10.0. The third kappa shape index (κ3) is 3.00. The minimum atomic E-state index is -0.179. The van der Waals surface area contributed by atoms with Gasteiger partial charge in [-0.25, -0.2) is 4.39 Å². The van der Waals surface area contributed by atoms with E-state index in [-0.39, 0.29) is 11.7 Å². The molecule has 1 aliphatic rings. The molecule has 0 aromatic heterocycles. The molecule has 0 atom stereocenters. The number of rotatable bonds is 2. The number of hydrogen-bond acceptors (Lipinski definition) is 2. The van der Waals surface area contributed by atoms with E-state index in [9.17, 15) is 9.18 Å². The van der Waals surface area contributed by atoms with E-state index >= 15 is 0 Å². The molecule has 18 heavy (non-hydrogen) atoms. The van der Waals surface area contributed by atoms with Crippen LogP contribution in [-0.4, -0.2) is 29.9 Å². The van der Waals surface area contributed by atoms with Crippen LogP contribution in [0, 0.1) is 12.7 Å². The Balaban J connectivity index is 1.91. The largest absolute Gasteiger partial charge is 0.382 e. The van der Waals surface area contributed by atoms with E-state index in [0.29, 0.717) is 11.6 Å². The van der Waals surface area contributed by atoms with Crippen LogP contribution in [0.4, 0.5) is 10.1 Å². The van der Waals surface area contributed by atoms with Gasteiger partial charge in [0.25, 0.3) is 0 Å². The Hall–Kier alpha value is -1.58. The Morgan fingerprint density at radius 2 is 2.06 bits per heavy atom. The topological polar surface area (TPSA) is 32.3 Å². The van der Waals surface area contributed by atoms with E-state index in [4.69, 9.17) is 0 Å². The Kier molecular flexibility index (Phi) is 3.84. The number of aryl methyl sites for hydroxylation is 1. The monoisotopic (exact) mass is 250 g/mol. The maximum atomic E-state index is 13.4. The number of hydrogen-bond donors (Lipinski definition) is 1. The standard InChI is InChI=1S/C14H19FN2O/c1-10-3-4-13(9-14(10)15)16-12-5-7-17(8-6-12)11(2)18/h3-4,9,12,16H,5-8H2,1-2H3. The number of likely N-dealkylation sites (tertiary alicyclic amines) is 1.